The van der Waals surface area contributed by atoms with E-state index in [-0.39, 0.29) is 5.91 Å². The smallest absolute Gasteiger partial charge is 0.256 e. The van der Waals surface area contributed by atoms with E-state index in [9.17, 15) is 4.79 Å². The zero-order chi connectivity index (χ0) is 15.7. The Labute approximate surface area is 127 Å². The molecule has 112 valence electrons. The molecule has 0 bridgehead atoms. The zero-order valence-corrected chi connectivity index (χ0v) is 12.5. The average molecular weight is 295 g/mol. The zero-order valence-electron chi connectivity index (χ0n) is 12.5. The van der Waals surface area contributed by atoms with E-state index < -0.39 is 0 Å². The summed E-state index contributed by atoms with van der Waals surface area (Å²) in [5.41, 5.74) is 10.0. The molecule has 0 spiro atoms. The molecule has 2 heterocycles. The van der Waals surface area contributed by atoms with Crippen molar-refractivity contribution in [1.82, 2.24) is 15.2 Å². The Morgan fingerprint density at radius 1 is 1.32 bits per heavy atom. The number of nitrogens with one attached hydrogen (secondary N) is 2. The van der Waals surface area contributed by atoms with Gasteiger partial charge in [0.2, 0.25) is 0 Å². The molecule has 0 aliphatic rings. The molecule has 0 radical (unpaired) electrons. The van der Waals surface area contributed by atoms with Crippen molar-refractivity contribution in [2.45, 2.75) is 20.4 Å². The number of carbonyl (C=O) groups is 1. The number of H-pyrrole nitrogens is 1. The van der Waals surface area contributed by atoms with Crippen LogP contribution in [0.4, 0.5) is 5.69 Å². The number of hydrogen-bond acceptors (Lipinski definition) is 4. The van der Waals surface area contributed by atoms with Gasteiger partial charge in [-0.25, -0.2) is 4.98 Å². The molecule has 2 aromatic heterocycles. The number of anilines is 1. The van der Waals surface area contributed by atoms with E-state index in [1.54, 1.807) is 6.07 Å². The van der Waals surface area contributed by atoms with Crippen LogP contribution in [0.1, 0.15) is 27.3 Å². The van der Waals surface area contributed by atoms with E-state index >= 15 is 0 Å². The molecule has 0 saturated carbocycles. The molecule has 22 heavy (non-hydrogen) atoms. The Balaban J connectivity index is 2.00. The second kappa shape index (κ2) is 5.57. The highest BCUT2D eigenvalue weighted by atomic mass is 16.1. The highest BCUT2D eigenvalue weighted by Gasteiger charge is 2.16. The van der Waals surface area contributed by atoms with Crippen molar-refractivity contribution < 1.29 is 4.79 Å². The molecule has 1 aromatic carbocycles. The maximum absolute atomic E-state index is 12.6. The van der Waals surface area contributed by atoms with E-state index in [4.69, 9.17) is 5.73 Å². The van der Waals surface area contributed by atoms with Crippen molar-refractivity contribution in [3.8, 4) is 0 Å². The lowest BCUT2D eigenvalue weighted by Crippen LogP contribution is -2.13. The molecule has 6 nitrogen and oxygen atoms in total. The maximum atomic E-state index is 12.6. The van der Waals surface area contributed by atoms with Crippen LogP contribution in [0.3, 0.4) is 0 Å². The Morgan fingerprint density at radius 3 is 2.91 bits per heavy atom. The summed E-state index contributed by atoms with van der Waals surface area (Å²) in [6, 6.07) is 9.27. The topological polar surface area (TPSA) is 96.7 Å². The molecular weight excluding hydrogens is 278 g/mol. The van der Waals surface area contributed by atoms with Crippen LogP contribution in [0, 0.1) is 13.8 Å². The van der Waals surface area contributed by atoms with E-state index in [2.05, 4.69) is 20.5 Å². The van der Waals surface area contributed by atoms with Gasteiger partial charge in [0.15, 0.2) is 5.65 Å². The number of benzene rings is 1. The first-order chi connectivity index (χ1) is 10.6. The standard InChI is InChI=1S/C16H17N5O/c1-9-6-13(14-10(2)20-21-15(14)18-9)16(22)19-12-5-3-4-11(7-12)8-17/h3-7H,8,17H2,1-2H3,(H,19,22)(H,18,20,21). The lowest BCUT2D eigenvalue weighted by atomic mass is 10.1. The summed E-state index contributed by atoms with van der Waals surface area (Å²) in [5, 5.41) is 10.6. The van der Waals surface area contributed by atoms with Gasteiger partial charge in [-0.1, -0.05) is 12.1 Å². The van der Waals surface area contributed by atoms with Crippen LogP contribution in [0.15, 0.2) is 30.3 Å². The SMILES string of the molecule is Cc1cc(C(=O)Nc2cccc(CN)c2)c2c(C)[nH]nc2n1. The second-order valence-corrected chi connectivity index (χ2v) is 5.22. The first kappa shape index (κ1) is 14.2. The van der Waals surface area contributed by atoms with Gasteiger partial charge >= 0.3 is 0 Å². The predicted molar refractivity (Wildman–Crippen MR) is 85.6 cm³/mol. The third-order valence-electron chi connectivity index (χ3n) is 3.50. The van der Waals surface area contributed by atoms with E-state index in [1.807, 2.05) is 38.1 Å². The lowest BCUT2D eigenvalue weighted by Gasteiger charge is -2.08. The largest absolute Gasteiger partial charge is 0.326 e. The normalized spacial score (nSPS) is 10.9. The molecule has 1 amide bonds. The van der Waals surface area contributed by atoms with E-state index in [1.165, 1.54) is 0 Å². The molecule has 0 aliphatic carbocycles. The van der Waals surface area contributed by atoms with Crippen LogP contribution in [0.25, 0.3) is 11.0 Å². The average Bonchev–Trinajstić information content (AvgIpc) is 2.87. The lowest BCUT2D eigenvalue weighted by molar-refractivity contribution is 0.102. The highest BCUT2D eigenvalue weighted by Crippen LogP contribution is 2.21. The van der Waals surface area contributed by atoms with Crippen LogP contribution in [-0.4, -0.2) is 21.1 Å². The molecule has 0 aliphatic heterocycles. The molecule has 0 saturated heterocycles. The molecule has 6 heteroatoms. The fourth-order valence-electron chi connectivity index (χ4n) is 2.45. The summed E-state index contributed by atoms with van der Waals surface area (Å²) in [6.07, 6.45) is 0. The number of pyridine rings is 1. The summed E-state index contributed by atoms with van der Waals surface area (Å²) in [4.78, 5) is 17.0. The molecule has 3 rings (SSSR count). The van der Waals surface area contributed by atoms with Gasteiger partial charge in [-0.05, 0) is 37.6 Å². The quantitative estimate of drug-likeness (QED) is 0.690. The number of nitrogens with zero attached hydrogens (tertiary/aromatic N) is 2. The van der Waals surface area contributed by atoms with Crippen molar-refractivity contribution in [3.63, 3.8) is 0 Å². The van der Waals surface area contributed by atoms with Crippen LogP contribution in [0.2, 0.25) is 0 Å². The minimum absolute atomic E-state index is 0.186. The number of aryl methyl sites for hydroxylation is 2. The first-order valence-corrected chi connectivity index (χ1v) is 7.01. The van der Waals surface area contributed by atoms with Crippen molar-refractivity contribution >= 4 is 22.6 Å². The van der Waals surface area contributed by atoms with Crippen molar-refractivity contribution in [3.05, 3.63) is 52.8 Å². The number of carbonyl (C=O) groups excluding carboxylic acids is 1. The van der Waals surface area contributed by atoms with Crippen molar-refractivity contribution in [2.24, 2.45) is 5.73 Å². The van der Waals surface area contributed by atoms with E-state index in [0.717, 1.165) is 28.0 Å². The summed E-state index contributed by atoms with van der Waals surface area (Å²) in [5.74, 6) is -0.186. The van der Waals surface area contributed by atoms with Gasteiger partial charge in [-0.2, -0.15) is 5.10 Å². The minimum atomic E-state index is -0.186. The van der Waals surface area contributed by atoms with Gasteiger partial charge in [0.1, 0.15) is 0 Å². The molecule has 0 fully saturated rings. The fourth-order valence-corrected chi connectivity index (χ4v) is 2.45. The fraction of sp³-hybridized carbons (Fsp3) is 0.188. The molecule has 4 N–H and O–H groups in total. The Kier molecular flexibility index (Phi) is 3.60. The van der Waals surface area contributed by atoms with Gasteiger partial charge in [0.05, 0.1) is 10.9 Å². The Hall–Kier alpha value is -2.73. The summed E-state index contributed by atoms with van der Waals surface area (Å²) in [7, 11) is 0. The van der Waals surface area contributed by atoms with Crippen LogP contribution in [0.5, 0.6) is 0 Å². The Morgan fingerprint density at radius 2 is 2.14 bits per heavy atom. The maximum Gasteiger partial charge on any atom is 0.256 e. The van der Waals surface area contributed by atoms with Gasteiger partial charge in [0, 0.05) is 23.6 Å². The highest BCUT2D eigenvalue weighted by molar-refractivity contribution is 6.12. The Bertz CT molecular complexity index is 853. The first-order valence-electron chi connectivity index (χ1n) is 7.01. The van der Waals surface area contributed by atoms with Crippen LogP contribution < -0.4 is 11.1 Å². The number of aromatic amines is 1. The summed E-state index contributed by atoms with van der Waals surface area (Å²) in [6.45, 7) is 4.15. The number of rotatable bonds is 3. The minimum Gasteiger partial charge on any atom is -0.326 e. The van der Waals surface area contributed by atoms with Crippen LogP contribution >= 0.6 is 0 Å². The van der Waals surface area contributed by atoms with Gasteiger partial charge in [-0.3, -0.25) is 9.89 Å². The molecule has 0 unspecified atom stereocenters. The van der Waals surface area contributed by atoms with Crippen LogP contribution in [-0.2, 0) is 6.54 Å². The number of aromatic nitrogens is 3. The molecule has 3 aromatic rings. The van der Waals surface area contributed by atoms with Crippen molar-refractivity contribution in [1.29, 1.82) is 0 Å². The van der Waals surface area contributed by atoms with Crippen molar-refractivity contribution in [2.75, 3.05) is 5.32 Å². The van der Waals surface area contributed by atoms with Gasteiger partial charge in [0.25, 0.3) is 5.91 Å². The summed E-state index contributed by atoms with van der Waals surface area (Å²) >= 11 is 0. The predicted octanol–water partition coefficient (Wildman–Crippen LogP) is 2.29. The summed E-state index contributed by atoms with van der Waals surface area (Å²) < 4.78 is 0. The van der Waals surface area contributed by atoms with Gasteiger partial charge in [-0.15, -0.1) is 0 Å². The third kappa shape index (κ3) is 2.56. The number of hydrogen-bond donors (Lipinski definition) is 3. The number of amides is 1. The molecule has 0 atom stereocenters. The number of fused-ring (bicyclic) bond motifs is 1. The van der Waals surface area contributed by atoms with Gasteiger partial charge < -0.3 is 11.1 Å². The van der Waals surface area contributed by atoms with E-state index in [0.29, 0.717) is 17.8 Å². The second-order valence-electron chi connectivity index (χ2n) is 5.22. The molecular formula is C16H17N5O. The third-order valence-corrected chi connectivity index (χ3v) is 3.50. The monoisotopic (exact) mass is 295 g/mol. The number of nitrogens with two attached hydrogens (primary N) is 1.